The van der Waals surface area contributed by atoms with Gasteiger partial charge in [-0.05, 0) is 36.4 Å². The van der Waals surface area contributed by atoms with Gasteiger partial charge in [-0.1, -0.05) is 11.6 Å². The summed E-state index contributed by atoms with van der Waals surface area (Å²) in [6, 6.07) is 9.01. The van der Waals surface area contributed by atoms with Crippen molar-refractivity contribution in [3.05, 3.63) is 58.4 Å². The minimum absolute atomic E-state index is 0.0429. The fraction of sp³-hybridized carbons (Fsp3) is 0.133. The van der Waals surface area contributed by atoms with Gasteiger partial charge in [0, 0.05) is 11.1 Å². The fourth-order valence-corrected chi connectivity index (χ4v) is 2.03. The predicted molar refractivity (Wildman–Crippen MR) is 79.8 cm³/mol. The van der Waals surface area contributed by atoms with Crippen molar-refractivity contribution >= 4 is 17.4 Å². The summed E-state index contributed by atoms with van der Waals surface area (Å²) in [7, 11) is 1.54. The molecule has 0 aliphatic carbocycles. The molecule has 4 nitrogen and oxygen atoms in total. The SMILES string of the molecule is COc1ccc(C(=N)N)cc1COc1ccc(F)cc1Cl. The number of hydrogen-bond donors (Lipinski definition) is 2. The van der Waals surface area contributed by atoms with E-state index < -0.39 is 5.82 Å². The van der Waals surface area contributed by atoms with Crippen LogP contribution in [0.15, 0.2) is 36.4 Å². The molecular weight excluding hydrogens is 295 g/mol. The second kappa shape index (κ2) is 6.45. The lowest BCUT2D eigenvalue weighted by molar-refractivity contribution is 0.296. The highest BCUT2D eigenvalue weighted by atomic mass is 35.5. The third-order valence-corrected chi connectivity index (χ3v) is 3.16. The van der Waals surface area contributed by atoms with E-state index in [0.717, 1.165) is 0 Å². The van der Waals surface area contributed by atoms with E-state index in [2.05, 4.69) is 0 Å². The zero-order chi connectivity index (χ0) is 15.4. The Labute approximate surface area is 126 Å². The molecule has 2 aromatic rings. The molecule has 0 heterocycles. The Balaban J connectivity index is 2.22. The Morgan fingerprint density at radius 2 is 1.95 bits per heavy atom. The first-order chi connectivity index (χ1) is 10.0. The Hall–Kier alpha value is -2.27. The summed E-state index contributed by atoms with van der Waals surface area (Å²) in [4.78, 5) is 0. The average Bonchev–Trinajstić information content (AvgIpc) is 2.46. The van der Waals surface area contributed by atoms with Gasteiger partial charge in [0.25, 0.3) is 0 Å². The van der Waals surface area contributed by atoms with Gasteiger partial charge in [0.05, 0.1) is 12.1 Å². The number of benzene rings is 2. The van der Waals surface area contributed by atoms with Gasteiger partial charge in [0.2, 0.25) is 0 Å². The molecule has 6 heteroatoms. The van der Waals surface area contributed by atoms with Crippen molar-refractivity contribution in [1.29, 1.82) is 5.41 Å². The standard InChI is InChI=1S/C15H14ClFN2O2/c1-20-13-4-2-9(15(18)19)6-10(13)8-21-14-5-3-11(17)7-12(14)16/h2-7H,8H2,1H3,(H3,18,19). The molecule has 0 amide bonds. The summed E-state index contributed by atoms with van der Waals surface area (Å²) in [5.74, 6) is 0.508. The summed E-state index contributed by atoms with van der Waals surface area (Å²) in [5.41, 5.74) is 6.74. The lowest BCUT2D eigenvalue weighted by Crippen LogP contribution is -2.12. The fourth-order valence-electron chi connectivity index (χ4n) is 1.81. The Morgan fingerprint density at radius 3 is 2.57 bits per heavy atom. The van der Waals surface area contributed by atoms with Gasteiger partial charge in [-0.25, -0.2) is 4.39 Å². The Morgan fingerprint density at radius 1 is 1.24 bits per heavy atom. The number of ether oxygens (including phenoxy) is 2. The normalized spacial score (nSPS) is 10.2. The van der Waals surface area contributed by atoms with Gasteiger partial charge in [0.15, 0.2) is 0 Å². The first-order valence-electron chi connectivity index (χ1n) is 6.10. The van der Waals surface area contributed by atoms with Gasteiger partial charge < -0.3 is 15.2 Å². The van der Waals surface area contributed by atoms with Crippen LogP contribution in [0, 0.1) is 11.2 Å². The quantitative estimate of drug-likeness (QED) is 0.657. The number of hydrogen-bond acceptors (Lipinski definition) is 3. The van der Waals surface area contributed by atoms with Crippen molar-refractivity contribution < 1.29 is 13.9 Å². The largest absolute Gasteiger partial charge is 0.496 e. The van der Waals surface area contributed by atoms with Crippen LogP contribution in [0.1, 0.15) is 11.1 Å². The second-order valence-electron chi connectivity index (χ2n) is 4.30. The molecule has 0 saturated heterocycles. The molecule has 0 aromatic heterocycles. The van der Waals surface area contributed by atoms with Crippen molar-refractivity contribution in [1.82, 2.24) is 0 Å². The summed E-state index contributed by atoms with van der Waals surface area (Å²) in [6.45, 7) is 0.162. The van der Waals surface area contributed by atoms with Crippen LogP contribution in [0.5, 0.6) is 11.5 Å². The summed E-state index contributed by atoms with van der Waals surface area (Å²) in [5, 5.41) is 7.64. The lowest BCUT2D eigenvalue weighted by Gasteiger charge is -2.12. The van der Waals surface area contributed by atoms with Crippen LogP contribution < -0.4 is 15.2 Å². The van der Waals surface area contributed by atoms with Crippen LogP contribution in [0.2, 0.25) is 5.02 Å². The molecule has 0 radical (unpaired) electrons. The van der Waals surface area contributed by atoms with Gasteiger partial charge in [0.1, 0.15) is 29.8 Å². The molecule has 0 aliphatic rings. The number of nitrogens with one attached hydrogen (secondary N) is 1. The highest BCUT2D eigenvalue weighted by molar-refractivity contribution is 6.32. The van der Waals surface area contributed by atoms with E-state index in [1.165, 1.54) is 25.3 Å². The van der Waals surface area contributed by atoms with Crippen molar-refractivity contribution in [3.63, 3.8) is 0 Å². The number of nitrogen functional groups attached to an aromatic ring is 1. The summed E-state index contributed by atoms with van der Waals surface area (Å²) in [6.07, 6.45) is 0. The van der Waals surface area contributed by atoms with Crippen molar-refractivity contribution in [2.24, 2.45) is 5.73 Å². The first kappa shape index (κ1) is 15.1. The molecule has 2 rings (SSSR count). The maximum Gasteiger partial charge on any atom is 0.138 e. The maximum absolute atomic E-state index is 13.0. The number of methoxy groups -OCH3 is 1. The van der Waals surface area contributed by atoms with Gasteiger partial charge in [-0.15, -0.1) is 0 Å². The molecule has 3 N–H and O–H groups in total. The zero-order valence-corrected chi connectivity index (χ0v) is 12.1. The van der Waals surface area contributed by atoms with Gasteiger partial charge in [-0.3, -0.25) is 5.41 Å². The van der Waals surface area contributed by atoms with E-state index in [1.54, 1.807) is 18.2 Å². The molecule has 0 atom stereocenters. The van der Waals surface area contributed by atoms with E-state index >= 15 is 0 Å². The third kappa shape index (κ3) is 3.64. The Bertz CT molecular complexity index is 677. The molecule has 0 aliphatic heterocycles. The summed E-state index contributed by atoms with van der Waals surface area (Å²) < 4.78 is 23.8. The lowest BCUT2D eigenvalue weighted by atomic mass is 10.1. The molecular formula is C15H14ClFN2O2. The van der Waals surface area contributed by atoms with E-state index in [4.69, 9.17) is 32.2 Å². The predicted octanol–water partition coefficient (Wildman–Crippen LogP) is 3.35. The van der Waals surface area contributed by atoms with Crippen LogP contribution in [0.3, 0.4) is 0 Å². The number of nitrogens with two attached hydrogens (primary N) is 1. The van der Waals surface area contributed by atoms with E-state index in [-0.39, 0.29) is 17.5 Å². The van der Waals surface area contributed by atoms with E-state index in [1.807, 2.05) is 0 Å². The molecule has 21 heavy (non-hydrogen) atoms. The molecule has 0 saturated carbocycles. The van der Waals surface area contributed by atoms with Crippen LogP contribution >= 0.6 is 11.6 Å². The molecule has 0 unspecified atom stereocenters. The van der Waals surface area contributed by atoms with Gasteiger partial charge in [-0.2, -0.15) is 0 Å². The van der Waals surface area contributed by atoms with Crippen molar-refractivity contribution in [2.45, 2.75) is 6.61 Å². The van der Waals surface area contributed by atoms with Crippen LogP contribution in [0.4, 0.5) is 4.39 Å². The number of amidine groups is 1. The van der Waals surface area contributed by atoms with Crippen molar-refractivity contribution in [2.75, 3.05) is 7.11 Å². The highest BCUT2D eigenvalue weighted by Gasteiger charge is 2.09. The van der Waals surface area contributed by atoms with Crippen LogP contribution in [-0.2, 0) is 6.61 Å². The van der Waals surface area contributed by atoms with E-state index in [0.29, 0.717) is 22.6 Å². The maximum atomic E-state index is 13.0. The van der Waals surface area contributed by atoms with Crippen LogP contribution in [0.25, 0.3) is 0 Å². The first-order valence-corrected chi connectivity index (χ1v) is 6.48. The summed E-state index contributed by atoms with van der Waals surface area (Å²) >= 11 is 5.90. The third-order valence-electron chi connectivity index (χ3n) is 2.87. The van der Waals surface area contributed by atoms with Gasteiger partial charge >= 0.3 is 0 Å². The highest BCUT2D eigenvalue weighted by Crippen LogP contribution is 2.27. The minimum atomic E-state index is -0.427. The molecule has 110 valence electrons. The zero-order valence-electron chi connectivity index (χ0n) is 11.3. The Kier molecular flexibility index (Phi) is 4.65. The van der Waals surface area contributed by atoms with E-state index in [9.17, 15) is 4.39 Å². The number of halogens is 2. The molecule has 0 spiro atoms. The monoisotopic (exact) mass is 308 g/mol. The molecule has 0 fully saturated rings. The smallest absolute Gasteiger partial charge is 0.138 e. The van der Waals surface area contributed by atoms with Crippen molar-refractivity contribution in [3.8, 4) is 11.5 Å². The minimum Gasteiger partial charge on any atom is -0.496 e. The molecule has 0 bridgehead atoms. The second-order valence-corrected chi connectivity index (χ2v) is 4.71. The molecule has 2 aromatic carbocycles. The average molecular weight is 309 g/mol. The number of rotatable bonds is 5. The van der Waals surface area contributed by atoms with Crippen LogP contribution in [-0.4, -0.2) is 12.9 Å². The topological polar surface area (TPSA) is 68.3 Å².